The maximum atomic E-state index is 3.73. The number of rotatable bonds is 8. The van der Waals surface area contributed by atoms with E-state index in [0.717, 1.165) is 0 Å². The van der Waals surface area contributed by atoms with Gasteiger partial charge in [-0.25, -0.2) is 0 Å². The number of piperazine rings is 1. The fourth-order valence-corrected chi connectivity index (χ4v) is 2.90. The normalized spacial score (nSPS) is 20.6. The highest BCUT2D eigenvalue weighted by atomic mass is 15.2. The fourth-order valence-electron chi connectivity index (χ4n) is 2.90. The monoisotopic (exact) mass is 240 g/mol. The number of hydrogen-bond donors (Lipinski definition) is 1. The third-order valence-electron chi connectivity index (χ3n) is 4.39. The highest BCUT2D eigenvalue weighted by Gasteiger charge is 2.31. The van der Waals surface area contributed by atoms with Crippen molar-refractivity contribution in [3.63, 3.8) is 0 Å². The SMILES string of the molecule is CCCCCCCN1CCNC(CC)(CC)C1. The van der Waals surface area contributed by atoms with Crippen molar-refractivity contribution in [3.05, 3.63) is 0 Å². The topological polar surface area (TPSA) is 15.3 Å². The average molecular weight is 240 g/mol. The lowest BCUT2D eigenvalue weighted by molar-refractivity contribution is 0.122. The van der Waals surface area contributed by atoms with E-state index < -0.39 is 0 Å². The molecule has 0 saturated carbocycles. The van der Waals surface area contributed by atoms with Crippen LogP contribution in [0, 0.1) is 0 Å². The molecule has 0 aromatic heterocycles. The molecule has 1 saturated heterocycles. The van der Waals surface area contributed by atoms with Crippen molar-refractivity contribution in [2.45, 2.75) is 71.3 Å². The number of nitrogens with one attached hydrogen (secondary N) is 1. The van der Waals surface area contributed by atoms with Crippen LogP contribution in [0.25, 0.3) is 0 Å². The first kappa shape index (κ1) is 15.0. The van der Waals surface area contributed by atoms with Gasteiger partial charge in [0.2, 0.25) is 0 Å². The summed E-state index contributed by atoms with van der Waals surface area (Å²) in [4.78, 5) is 2.68. The minimum atomic E-state index is 0.404. The standard InChI is InChI=1S/C15H32N2/c1-4-7-8-9-10-12-17-13-11-16-15(5-2,6-3)14-17/h16H,4-14H2,1-3H3. The zero-order chi connectivity index (χ0) is 12.6. The first-order valence-corrected chi connectivity index (χ1v) is 7.73. The first-order valence-electron chi connectivity index (χ1n) is 7.73. The molecule has 0 spiro atoms. The smallest absolute Gasteiger partial charge is 0.0304 e. The molecule has 1 fully saturated rings. The number of unbranched alkanes of at least 4 members (excludes halogenated alkanes) is 4. The predicted octanol–water partition coefficient (Wildman–Crippen LogP) is 3.42. The van der Waals surface area contributed by atoms with Crippen molar-refractivity contribution in [2.75, 3.05) is 26.2 Å². The molecule has 102 valence electrons. The molecular formula is C15H32N2. The van der Waals surface area contributed by atoms with E-state index in [1.165, 1.54) is 71.1 Å². The summed E-state index contributed by atoms with van der Waals surface area (Å²) >= 11 is 0. The van der Waals surface area contributed by atoms with Crippen LogP contribution in [0.15, 0.2) is 0 Å². The van der Waals surface area contributed by atoms with Crippen molar-refractivity contribution in [1.82, 2.24) is 10.2 Å². The zero-order valence-electron chi connectivity index (χ0n) is 12.2. The Morgan fingerprint density at radius 2 is 1.71 bits per heavy atom. The van der Waals surface area contributed by atoms with Crippen molar-refractivity contribution in [1.29, 1.82) is 0 Å². The molecule has 0 aromatic carbocycles. The van der Waals surface area contributed by atoms with Crippen LogP contribution >= 0.6 is 0 Å². The third-order valence-corrected chi connectivity index (χ3v) is 4.39. The van der Waals surface area contributed by atoms with Gasteiger partial charge in [0.1, 0.15) is 0 Å². The van der Waals surface area contributed by atoms with Gasteiger partial charge < -0.3 is 10.2 Å². The van der Waals surface area contributed by atoms with Crippen LogP contribution in [-0.2, 0) is 0 Å². The van der Waals surface area contributed by atoms with Crippen molar-refractivity contribution >= 4 is 0 Å². The van der Waals surface area contributed by atoms with Gasteiger partial charge in [0.15, 0.2) is 0 Å². The molecule has 0 atom stereocenters. The molecule has 1 N–H and O–H groups in total. The summed E-state index contributed by atoms with van der Waals surface area (Å²) in [7, 11) is 0. The van der Waals surface area contributed by atoms with Crippen LogP contribution in [0.3, 0.4) is 0 Å². The summed E-state index contributed by atoms with van der Waals surface area (Å²) in [6, 6.07) is 0. The highest BCUT2D eigenvalue weighted by molar-refractivity contribution is 4.92. The van der Waals surface area contributed by atoms with Gasteiger partial charge in [0, 0.05) is 25.2 Å². The van der Waals surface area contributed by atoms with Crippen LogP contribution in [0.1, 0.15) is 65.7 Å². The van der Waals surface area contributed by atoms with Gasteiger partial charge in [-0.15, -0.1) is 0 Å². The molecule has 0 aromatic rings. The van der Waals surface area contributed by atoms with Crippen molar-refractivity contribution in [2.24, 2.45) is 0 Å². The molecule has 1 heterocycles. The molecule has 1 rings (SSSR count). The highest BCUT2D eigenvalue weighted by Crippen LogP contribution is 2.20. The lowest BCUT2D eigenvalue weighted by Crippen LogP contribution is -2.59. The Morgan fingerprint density at radius 1 is 1.00 bits per heavy atom. The van der Waals surface area contributed by atoms with Crippen LogP contribution < -0.4 is 5.32 Å². The Hall–Kier alpha value is -0.0800. The van der Waals surface area contributed by atoms with E-state index in [1.807, 2.05) is 0 Å². The zero-order valence-corrected chi connectivity index (χ0v) is 12.2. The molecular weight excluding hydrogens is 208 g/mol. The summed E-state index contributed by atoms with van der Waals surface area (Å²) < 4.78 is 0. The summed E-state index contributed by atoms with van der Waals surface area (Å²) in [5.74, 6) is 0. The van der Waals surface area contributed by atoms with E-state index in [9.17, 15) is 0 Å². The van der Waals surface area contributed by atoms with Crippen LogP contribution in [-0.4, -0.2) is 36.6 Å². The van der Waals surface area contributed by atoms with E-state index in [1.54, 1.807) is 0 Å². The maximum Gasteiger partial charge on any atom is 0.0304 e. The van der Waals surface area contributed by atoms with Gasteiger partial charge in [0.25, 0.3) is 0 Å². The largest absolute Gasteiger partial charge is 0.309 e. The van der Waals surface area contributed by atoms with E-state index in [0.29, 0.717) is 5.54 Å². The molecule has 0 radical (unpaired) electrons. The minimum absolute atomic E-state index is 0.404. The third kappa shape index (κ3) is 4.97. The average Bonchev–Trinajstić information content (AvgIpc) is 2.39. The van der Waals surface area contributed by atoms with Gasteiger partial charge >= 0.3 is 0 Å². The fraction of sp³-hybridized carbons (Fsp3) is 1.00. The van der Waals surface area contributed by atoms with Gasteiger partial charge in [-0.1, -0.05) is 46.5 Å². The minimum Gasteiger partial charge on any atom is -0.309 e. The van der Waals surface area contributed by atoms with E-state index in [4.69, 9.17) is 0 Å². The quantitative estimate of drug-likeness (QED) is 0.654. The molecule has 2 heteroatoms. The number of nitrogens with zero attached hydrogens (tertiary/aromatic N) is 1. The molecule has 0 amide bonds. The van der Waals surface area contributed by atoms with E-state index in [2.05, 4.69) is 31.0 Å². The van der Waals surface area contributed by atoms with Gasteiger partial charge in [-0.2, -0.15) is 0 Å². The summed E-state index contributed by atoms with van der Waals surface area (Å²) in [5.41, 5.74) is 0.404. The van der Waals surface area contributed by atoms with Crippen molar-refractivity contribution < 1.29 is 0 Å². The maximum absolute atomic E-state index is 3.73. The summed E-state index contributed by atoms with van der Waals surface area (Å²) in [6.45, 7) is 11.9. The Morgan fingerprint density at radius 3 is 2.35 bits per heavy atom. The molecule has 1 aliphatic heterocycles. The van der Waals surface area contributed by atoms with Crippen LogP contribution in [0.2, 0.25) is 0 Å². The van der Waals surface area contributed by atoms with Gasteiger partial charge in [-0.05, 0) is 25.8 Å². The first-order chi connectivity index (χ1) is 8.26. The van der Waals surface area contributed by atoms with E-state index in [-0.39, 0.29) is 0 Å². The van der Waals surface area contributed by atoms with Crippen LogP contribution in [0.5, 0.6) is 0 Å². The Kier molecular flexibility index (Phi) is 7.14. The van der Waals surface area contributed by atoms with Gasteiger partial charge in [0.05, 0.1) is 0 Å². The molecule has 0 bridgehead atoms. The molecule has 0 unspecified atom stereocenters. The molecule has 2 nitrogen and oxygen atoms in total. The van der Waals surface area contributed by atoms with Crippen LogP contribution in [0.4, 0.5) is 0 Å². The van der Waals surface area contributed by atoms with Crippen molar-refractivity contribution in [3.8, 4) is 0 Å². The van der Waals surface area contributed by atoms with E-state index >= 15 is 0 Å². The second kappa shape index (κ2) is 8.10. The lowest BCUT2D eigenvalue weighted by Gasteiger charge is -2.43. The van der Waals surface area contributed by atoms with Gasteiger partial charge in [-0.3, -0.25) is 0 Å². The predicted molar refractivity (Wildman–Crippen MR) is 76.5 cm³/mol. The Labute approximate surface area is 108 Å². The lowest BCUT2D eigenvalue weighted by atomic mass is 9.90. The summed E-state index contributed by atoms with van der Waals surface area (Å²) in [5, 5.41) is 3.73. The Bertz CT molecular complexity index is 187. The second-order valence-electron chi connectivity index (χ2n) is 5.60. The summed E-state index contributed by atoms with van der Waals surface area (Å²) in [6.07, 6.45) is 9.52. The Balaban J connectivity index is 2.20. The second-order valence-corrected chi connectivity index (χ2v) is 5.60. The molecule has 17 heavy (non-hydrogen) atoms. The molecule has 0 aliphatic carbocycles. The number of hydrogen-bond acceptors (Lipinski definition) is 2. The molecule has 1 aliphatic rings.